The number of anilines is 2. The number of thiocarbonyl (C=S) groups is 1. The molecular weight excluding hydrogens is 292 g/mol. The number of hydrogen-bond acceptors (Lipinski definition) is 2. The van der Waals surface area contributed by atoms with Crippen molar-refractivity contribution >= 4 is 41.1 Å². The van der Waals surface area contributed by atoms with Crippen LogP contribution in [0.25, 0.3) is 0 Å². The van der Waals surface area contributed by atoms with Gasteiger partial charge in [0.05, 0.1) is 13.7 Å². The summed E-state index contributed by atoms with van der Waals surface area (Å²) in [5, 5.41) is 3.99. The summed E-state index contributed by atoms with van der Waals surface area (Å²) >= 11 is 5.43. The van der Waals surface area contributed by atoms with Crippen LogP contribution in [0.4, 0.5) is 11.4 Å². The maximum Gasteiger partial charge on any atom is 0.178 e. The minimum Gasteiger partial charge on any atom is -0.497 e. The Morgan fingerprint density at radius 2 is 1.80 bits per heavy atom. The van der Waals surface area contributed by atoms with E-state index in [1.54, 1.807) is 7.11 Å². The average molecular weight is 307 g/mol. The third kappa shape index (κ3) is 2.71. The third-order valence-corrected chi connectivity index (χ3v) is 3.54. The van der Waals surface area contributed by atoms with Crippen molar-refractivity contribution in [1.29, 1.82) is 0 Å². The Bertz CT molecular complexity index is 616. The van der Waals surface area contributed by atoms with Gasteiger partial charge in [-0.05, 0) is 48.1 Å². The summed E-state index contributed by atoms with van der Waals surface area (Å²) in [7, 11) is 1.67. The number of fused-ring (bicyclic) bond motifs is 1. The maximum absolute atomic E-state index is 5.43. The van der Waals surface area contributed by atoms with E-state index in [0.29, 0.717) is 0 Å². The highest BCUT2D eigenvalue weighted by Crippen LogP contribution is 2.28. The van der Waals surface area contributed by atoms with Gasteiger partial charge in [0.25, 0.3) is 0 Å². The fraction of sp³-hybridized carbons (Fsp3) is 0.133. The second kappa shape index (κ2) is 6.11. The normalized spacial score (nSPS) is 13.1. The van der Waals surface area contributed by atoms with E-state index >= 15 is 0 Å². The molecule has 0 amide bonds. The summed E-state index contributed by atoms with van der Waals surface area (Å²) in [6, 6.07) is 16.1. The van der Waals surface area contributed by atoms with Gasteiger partial charge in [0.1, 0.15) is 5.75 Å². The minimum atomic E-state index is 0. The van der Waals surface area contributed by atoms with Crippen molar-refractivity contribution in [2.24, 2.45) is 0 Å². The number of nitrogens with one attached hydrogen (secondary N) is 1. The Morgan fingerprint density at radius 3 is 2.50 bits per heavy atom. The van der Waals surface area contributed by atoms with Gasteiger partial charge in [0, 0.05) is 11.4 Å². The van der Waals surface area contributed by atoms with Crippen LogP contribution in [0.15, 0.2) is 48.5 Å². The molecule has 0 fully saturated rings. The van der Waals surface area contributed by atoms with Crippen molar-refractivity contribution in [1.82, 2.24) is 0 Å². The lowest BCUT2D eigenvalue weighted by atomic mass is 10.1. The van der Waals surface area contributed by atoms with Gasteiger partial charge in [-0.2, -0.15) is 0 Å². The Balaban J connectivity index is 0.00000147. The number of halogens is 1. The molecular formula is C15H15ClN2OS. The van der Waals surface area contributed by atoms with Crippen molar-refractivity contribution in [3.05, 3.63) is 54.1 Å². The summed E-state index contributed by atoms with van der Waals surface area (Å²) in [6.45, 7) is 0.786. The second-order valence-electron chi connectivity index (χ2n) is 4.37. The van der Waals surface area contributed by atoms with E-state index in [2.05, 4.69) is 16.3 Å². The van der Waals surface area contributed by atoms with E-state index < -0.39 is 0 Å². The van der Waals surface area contributed by atoms with Crippen LogP contribution in [0.2, 0.25) is 0 Å². The molecule has 0 bridgehead atoms. The molecule has 0 saturated heterocycles. The molecule has 0 aliphatic carbocycles. The van der Waals surface area contributed by atoms with Crippen LogP contribution in [0.5, 0.6) is 5.75 Å². The summed E-state index contributed by atoms with van der Waals surface area (Å²) in [5.41, 5.74) is 3.40. The van der Waals surface area contributed by atoms with E-state index in [-0.39, 0.29) is 12.4 Å². The molecule has 20 heavy (non-hydrogen) atoms. The monoisotopic (exact) mass is 306 g/mol. The smallest absolute Gasteiger partial charge is 0.178 e. The number of hydrogen-bond donors (Lipinski definition) is 1. The molecule has 0 saturated carbocycles. The summed E-state index contributed by atoms with van der Waals surface area (Å²) in [4.78, 5) is 2.08. The molecule has 0 spiro atoms. The Labute approximate surface area is 130 Å². The first-order valence-electron chi connectivity index (χ1n) is 6.08. The molecule has 1 aliphatic rings. The third-order valence-electron chi connectivity index (χ3n) is 3.22. The van der Waals surface area contributed by atoms with Gasteiger partial charge in [-0.15, -0.1) is 12.4 Å². The van der Waals surface area contributed by atoms with Crippen LogP contribution in [0, 0.1) is 0 Å². The van der Waals surface area contributed by atoms with Gasteiger partial charge in [0.2, 0.25) is 0 Å². The first-order valence-corrected chi connectivity index (χ1v) is 6.49. The van der Waals surface area contributed by atoms with Gasteiger partial charge < -0.3 is 15.0 Å². The molecule has 0 atom stereocenters. The summed E-state index contributed by atoms with van der Waals surface area (Å²) in [6.07, 6.45) is 0. The average Bonchev–Trinajstić information content (AvgIpc) is 2.47. The standard InChI is InChI=1S/C15H14N2OS.ClH/c1-18-13-8-6-12(7-9-13)17-10-11-4-2-3-5-14(11)16-15(17)19;/h2-9H,10H2,1H3,(H,16,19);1H. The fourth-order valence-corrected chi connectivity index (χ4v) is 2.46. The van der Waals surface area contributed by atoms with Crippen LogP contribution in [0.3, 0.4) is 0 Å². The lowest BCUT2D eigenvalue weighted by Gasteiger charge is -2.32. The Hall–Kier alpha value is -1.78. The molecule has 1 heterocycles. The molecule has 104 valence electrons. The lowest BCUT2D eigenvalue weighted by molar-refractivity contribution is 0.415. The number of para-hydroxylation sites is 1. The van der Waals surface area contributed by atoms with Crippen molar-refractivity contribution in [2.45, 2.75) is 6.54 Å². The van der Waals surface area contributed by atoms with Crippen molar-refractivity contribution in [2.75, 3.05) is 17.3 Å². The maximum atomic E-state index is 5.43. The molecule has 2 aromatic carbocycles. The van der Waals surface area contributed by atoms with Crippen molar-refractivity contribution in [3.63, 3.8) is 0 Å². The number of ether oxygens (including phenoxy) is 1. The van der Waals surface area contributed by atoms with Gasteiger partial charge in [-0.3, -0.25) is 0 Å². The van der Waals surface area contributed by atoms with Crippen LogP contribution >= 0.6 is 24.6 Å². The van der Waals surface area contributed by atoms with E-state index in [4.69, 9.17) is 17.0 Å². The zero-order chi connectivity index (χ0) is 13.2. The van der Waals surface area contributed by atoms with Gasteiger partial charge in [0.15, 0.2) is 5.11 Å². The highest BCUT2D eigenvalue weighted by molar-refractivity contribution is 7.80. The zero-order valence-electron chi connectivity index (χ0n) is 11.0. The number of nitrogens with zero attached hydrogens (tertiary/aromatic N) is 1. The van der Waals surface area contributed by atoms with Gasteiger partial charge in [-0.25, -0.2) is 0 Å². The molecule has 3 nitrogen and oxygen atoms in total. The Kier molecular flexibility index (Phi) is 4.47. The predicted octanol–water partition coefficient (Wildman–Crippen LogP) is 3.83. The first kappa shape index (κ1) is 14.6. The highest BCUT2D eigenvalue weighted by atomic mass is 35.5. The van der Waals surface area contributed by atoms with Crippen LogP contribution in [-0.4, -0.2) is 12.2 Å². The summed E-state index contributed by atoms with van der Waals surface area (Å²) < 4.78 is 5.17. The van der Waals surface area contributed by atoms with Crippen molar-refractivity contribution in [3.8, 4) is 5.75 Å². The molecule has 0 radical (unpaired) electrons. The molecule has 1 N–H and O–H groups in total. The summed E-state index contributed by atoms with van der Waals surface area (Å²) in [5.74, 6) is 0.847. The van der Waals surface area contributed by atoms with Crippen molar-refractivity contribution < 1.29 is 4.74 Å². The molecule has 1 aliphatic heterocycles. The molecule has 0 unspecified atom stereocenters. The topological polar surface area (TPSA) is 24.5 Å². The fourth-order valence-electron chi connectivity index (χ4n) is 2.18. The first-order chi connectivity index (χ1) is 9.28. The minimum absolute atomic E-state index is 0. The van der Waals surface area contributed by atoms with E-state index in [9.17, 15) is 0 Å². The quantitative estimate of drug-likeness (QED) is 0.852. The highest BCUT2D eigenvalue weighted by Gasteiger charge is 2.20. The van der Waals surface area contributed by atoms with E-state index in [0.717, 1.165) is 28.8 Å². The van der Waals surface area contributed by atoms with Crippen LogP contribution in [0.1, 0.15) is 5.56 Å². The number of benzene rings is 2. The Morgan fingerprint density at radius 1 is 1.10 bits per heavy atom. The molecule has 2 aromatic rings. The van der Waals surface area contributed by atoms with Gasteiger partial charge in [-0.1, -0.05) is 18.2 Å². The number of methoxy groups -OCH3 is 1. The van der Waals surface area contributed by atoms with Crippen LogP contribution < -0.4 is 15.0 Å². The molecule has 0 aromatic heterocycles. The van der Waals surface area contributed by atoms with Crippen LogP contribution in [-0.2, 0) is 6.54 Å². The molecule has 3 rings (SSSR count). The zero-order valence-corrected chi connectivity index (χ0v) is 12.6. The lowest BCUT2D eigenvalue weighted by Crippen LogP contribution is -2.38. The molecule has 5 heteroatoms. The van der Waals surface area contributed by atoms with E-state index in [1.165, 1.54) is 5.56 Å². The van der Waals surface area contributed by atoms with E-state index in [1.807, 2.05) is 42.5 Å². The largest absolute Gasteiger partial charge is 0.497 e. The SMILES string of the molecule is COc1ccc(N2Cc3ccccc3NC2=S)cc1.Cl. The second-order valence-corrected chi connectivity index (χ2v) is 4.76. The number of rotatable bonds is 2. The van der Waals surface area contributed by atoms with Gasteiger partial charge >= 0.3 is 0 Å². The predicted molar refractivity (Wildman–Crippen MR) is 89.1 cm³/mol.